The molecule has 2 aromatic rings. The maximum Gasteiger partial charge on any atom is 0.159 e. The molecule has 2 heteroatoms. The number of methoxy groups -OCH3 is 1. The summed E-state index contributed by atoms with van der Waals surface area (Å²) in [5.74, 6) is 0.982. The molecule has 0 bridgehead atoms. The number of hydrogen-bond acceptors (Lipinski definition) is 2. The van der Waals surface area contributed by atoms with Gasteiger partial charge in [0.15, 0.2) is 5.78 Å². The first-order valence-electron chi connectivity index (χ1n) is 6.30. The summed E-state index contributed by atoms with van der Waals surface area (Å²) in [6.45, 7) is 5.68. The van der Waals surface area contributed by atoms with Gasteiger partial charge >= 0.3 is 0 Å². The van der Waals surface area contributed by atoms with Gasteiger partial charge < -0.3 is 4.74 Å². The maximum atomic E-state index is 11.3. The van der Waals surface area contributed by atoms with E-state index in [4.69, 9.17) is 4.74 Å². The third-order valence-corrected chi connectivity index (χ3v) is 3.35. The summed E-state index contributed by atoms with van der Waals surface area (Å²) in [4.78, 5) is 11.3. The Labute approximate surface area is 114 Å². The number of carbonyl (C=O) groups excluding carboxylic acids is 1. The Balaban J connectivity index is 2.58. The van der Waals surface area contributed by atoms with Gasteiger partial charge in [-0.25, -0.2) is 0 Å². The molecule has 0 N–H and O–H groups in total. The monoisotopic (exact) mass is 254 g/mol. The lowest BCUT2D eigenvalue weighted by molar-refractivity contribution is 0.101. The van der Waals surface area contributed by atoms with E-state index in [-0.39, 0.29) is 5.78 Å². The highest BCUT2D eigenvalue weighted by molar-refractivity contribution is 5.94. The van der Waals surface area contributed by atoms with Gasteiger partial charge in [-0.05, 0) is 37.5 Å². The summed E-state index contributed by atoms with van der Waals surface area (Å²) in [6, 6.07) is 11.8. The molecule has 0 saturated heterocycles. The molecule has 2 aromatic carbocycles. The van der Waals surface area contributed by atoms with Crippen molar-refractivity contribution < 1.29 is 9.53 Å². The number of ether oxygens (including phenoxy) is 1. The van der Waals surface area contributed by atoms with E-state index in [9.17, 15) is 4.79 Å². The molecule has 19 heavy (non-hydrogen) atoms. The van der Waals surface area contributed by atoms with E-state index in [1.54, 1.807) is 14.0 Å². The number of benzene rings is 2. The fourth-order valence-corrected chi connectivity index (χ4v) is 2.28. The van der Waals surface area contributed by atoms with Crippen LogP contribution in [0.1, 0.15) is 28.4 Å². The average molecular weight is 254 g/mol. The lowest BCUT2D eigenvalue weighted by Gasteiger charge is -2.14. The van der Waals surface area contributed by atoms with Crippen molar-refractivity contribution in [1.29, 1.82) is 0 Å². The van der Waals surface area contributed by atoms with Gasteiger partial charge in [0, 0.05) is 11.1 Å². The zero-order chi connectivity index (χ0) is 14.0. The van der Waals surface area contributed by atoms with Gasteiger partial charge in [-0.2, -0.15) is 0 Å². The second-order valence-corrected chi connectivity index (χ2v) is 4.74. The molecule has 0 heterocycles. The van der Waals surface area contributed by atoms with E-state index in [1.807, 2.05) is 31.2 Å². The van der Waals surface area contributed by atoms with Gasteiger partial charge in [0.1, 0.15) is 5.75 Å². The fraction of sp³-hybridized carbons (Fsp3) is 0.235. The molecule has 0 atom stereocenters. The molecule has 0 unspecified atom stereocenters. The first kappa shape index (κ1) is 13.3. The molecule has 0 aliphatic carbocycles. The Hall–Kier alpha value is -2.09. The van der Waals surface area contributed by atoms with Crippen molar-refractivity contribution in [2.45, 2.75) is 20.8 Å². The maximum absolute atomic E-state index is 11.3. The van der Waals surface area contributed by atoms with Gasteiger partial charge in [-0.1, -0.05) is 36.4 Å². The largest absolute Gasteiger partial charge is 0.496 e. The second-order valence-electron chi connectivity index (χ2n) is 4.74. The average Bonchev–Trinajstić information content (AvgIpc) is 2.41. The molecule has 0 aromatic heterocycles. The van der Waals surface area contributed by atoms with Gasteiger partial charge in [0.25, 0.3) is 0 Å². The number of hydrogen-bond donors (Lipinski definition) is 0. The van der Waals surface area contributed by atoms with Crippen LogP contribution in [0.4, 0.5) is 0 Å². The summed E-state index contributed by atoms with van der Waals surface area (Å²) < 4.78 is 5.52. The van der Waals surface area contributed by atoms with Crippen molar-refractivity contribution in [1.82, 2.24) is 0 Å². The first-order valence-corrected chi connectivity index (χ1v) is 6.30. The molecule has 0 fully saturated rings. The van der Waals surface area contributed by atoms with E-state index in [0.29, 0.717) is 0 Å². The van der Waals surface area contributed by atoms with Crippen LogP contribution in [0, 0.1) is 13.8 Å². The van der Waals surface area contributed by atoms with Crippen LogP contribution < -0.4 is 4.74 Å². The van der Waals surface area contributed by atoms with E-state index < -0.39 is 0 Å². The van der Waals surface area contributed by atoms with Gasteiger partial charge in [0.05, 0.1) is 7.11 Å². The lowest BCUT2D eigenvalue weighted by atomic mass is 9.96. The van der Waals surface area contributed by atoms with Crippen LogP contribution in [-0.2, 0) is 0 Å². The van der Waals surface area contributed by atoms with Crippen LogP contribution in [0.25, 0.3) is 11.1 Å². The predicted octanol–water partition coefficient (Wildman–Crippen LogP) is 4.18. The van der Waals surface area contributed by atoms with Crippen LogP contribution in [-0.4, -0.2) is 12.9 Å². The van der Waals surface area contributed by atoms with Crippen molar-refractivity contribution in [2.24, 2.45) is 0 Å². The third kappa shape index (κ3) is 2.53. The van der Waals surface area contributed by atoms with Gasteiger partial charge in [0.2, 0.25) is 0 Å². The third-order valence-electron chi connectivity index (χ3n) is 3.35. The predicted molar refractivity (Wildman–Crippen MR) is 77.9 cm³/mol. The van der Waals surface area contributed by atoms with E-state index in [2.05, 4.69) is 19.1 Å². The molecular weight excluding hydrogens is 236 g/mol. The molecule has 0 aliphatic heterocycles. The second kappa shape index (κ2) is 5.27. The molecule has 0 spiro atoms. The van der Waals surface area contributed by atoms with Crippen molar-refractivity contribution in [3.05, 3.63) is 53.1 Å². The van der Waals surface area contributed by atoms with Crippen LogP contribution in [0.5, 0.6) is 5.75 Å². The highest BCUT2D eigenvalue weighted by Gasteiger charge is 2.12. The van der Waals surface area contributed by atoms with E-state index in [1.165, 1.54) is 0 Å². The number of aryl methyl sites for hydroxylation is 2. The number of Topliss-reactive ketones (excluding diaryl/α,β-unsaturated/α-hetero) is 1. The smallest absolute Gasteiger partial charge is 0.159 e. The summed E-state index contributed by atoms with van der Waals surface area (Å²) in [6.07, 6.45) is 0. The highest BCUT2D eigenvalue weighted by Crippen LogP contribution is 2.35. The van der Waals surface area contributed by atoms with Gasteiger partial charge in [-0.3, -0.25) is 4.79 Å². The van der Waals surface area contributed by atoms with Crippen LogP contribution in [0.15, 0.2) is 36.4 Å². The minimum atomic E-state index is 0.0829. The Kier molecular flexibility index (Phi) is 3.70. The molecule has 0 radical (unpaired) electrons. The zero-order valence-corrected chi connectivity index (χ0v) is 11.8. The molecule has 2 rings (SSSR count). The zero-order valence-electron chi connectivity index (χ0n) is 11.8. The number of rotatable bonds is 3. The van der Waals surface area contributed by atoms with Crippen molar-refractivity contribution in [3.63, 3.8) is 0 Å². The van der Waals surface area contributed by atoms with E-state index >= 15 is 0 Å². The van der Waals surface area contributed by atoms with Crippen LogP contribution in [0.2, 0.25) is 0 Å². The van der Waals surface area contributed by atoms with Crippen LogP contribution in [0.3, 0.4) is 0 Å². The summed E-state index contributed by atoms with van der Waals surface area (Å²) in [5.41, 5.74) is 5.17. The number of carbonyl (C=O) groups is 1. The summed E-state index contributed by atoms with van der Waals surface area (Å²) in [7, 11) is 1.69. The molecule has 2 nitrogen and oxygen atoms in total. The lowest BCUT2D eigenvalue weighted by Crippen LogP contribution is -1.95. The molecule has 0 saturated carbocycles. The van der Waals surface area contributed by atoms with Crippen molar-refractivity contribution >= 4 is 5.78 Å². The fourth-order valence-electron chi connectivity index (χ4n) is 2.28. The molecule has 0 amide bonds. The Morgan fingerprint density at radius 2 is 1.53 bits per heavy atom. The Bertz CT molecular complexity index is 610. The van der Waals surface area contributed by atoms with Gasteiger partial charge in [-0.15, -0.1) is 0 Å². The highest BCUT2D eigenvalue weighted by atomic mass is 16.5. The van der Waals surface area contributed by atoms with E-state index in [0.717, 1.165) is 33.6 Å². The van der Waals surface area contributed by atoms with Crippen molar-refractivity contribution in [2.75, 3.05) is 7.11 Å². The first-order chi connectivity index (χ1) is 9.04. The summed E-state index contributed by atoms with van der Waals surface area (Å²) >= 11 is 0. The minimum Gasteiger partial charge on any atom is -0.496 e. The molecular formula is C17H18O2. The molecule has 98 valence electrons. The Morgan fingerprint density at radius 3 is 2.05 bits per heavy atom. The topological polar surface area (TPSA) is 26.3 Å². The quantitative estimate of drug-likeness (QED) is 0.768. The molecule has 0 aliphatic rings. The number of ketones is 1. The van der Waals surface area contributed by atoms with Crippen molar-refractivity contribution in [3.8, 4) is 16.9 Å². The SMILES string of the molecule is COc1c(C)ccc(C)c1-c1ccc(C(C)=O)cc1. The minimum absolute atomic E-state index is 0.0829. The normalized spacial score (nSPS) is 10.3. The Morgan fingerprint density at radius 1 is 0.947 bits per heavy atom. The standard InChI is InChI=1S/C17H18O2/c1-11-5-6-12(2)17(19-4)16(11)15-9-7-14(8-10-15)13(3)18/h5-10H,1-4H3. The van der Waals surface area contributed by atoms with Crippen LogP contribution >= 0.6 is 0 Å². The summed E-state index contributed by atoms with van der Waals surface area (Å²) in [5, 5.41) is 0.